The van der Waals surface area contributed by atoms with Crippen molar-refractivity contribution in [3.8, 4) is 5.75 Å². The molecular formula is C12H20N2O5S. The van der Waals surface area contributed by atoms with Gasteiger partial charge in [0.2, 0.25) is 0 Å². The molecule has 0 amide bonds. The molecule has 2 rings (SSSR count). The molecule has 0 saturated carbocycles. The number of hydrogen-bond donors (Lipinski definition) is 1. The molecular weight excluding hydrogens is 284 g/mol. The molecule has 1 aromatic heterocycles. The van der Waals surface area contributed by atoms with E-state index in [9.17, 15) is 8.42 Å². The van der Waals surface area contributed by atoms with E-state index in [1.54, 1.807) is 19.9 Å². The Kier molecular flexibility index (Phi) is 5.32. The molecule has 0 aromatic carbocycles. The van der Waals surface area contributed by atoms with Crippen molar-refractivity contribution < 1.29 is 22.6 Å². The Bertz CT molecular complexity index is 544. The van der Waals surface area contributed by atoms with Crippen LogP contribution < -0.4 is 9.08 Å². The van der Waals surface area contributed by atoms with E-state index in [1.165, 1.54) is 6.42 Å². The monoisotopic (exact) mass is 304 g/mol. The van der Waals surface area contributed by atoms with E-state index in [1.807, 2.05) is 0 Å². The van der Waals surface area contributed by atoms with E-state index in [2.05, 4.69) is 14.1 Å². The molecule has 3 N–H and O–H groups in total. The van der Waals surface area contributed by atoms with E-state index in [4.69, 9.17) is 4.55 Å². The van der Waals surface area contributed by atoms with Crippen molar-refractivity contribution in [3.05, 3.63) is 17.3 Å². The summed E-state index contributed by atoms with van der Waals surface area (Å²) in [6.45, 7) is 5.33. The third-order valence-corrected chi connectivity index (χ3v) is 3.56. The molecule has 0 unspecified atom stereocenters. The van der Waals surface area contributed by atoms with Crippen LogP contribution in [-0.4, -0.2) is 36.5 Å². The molecule has 20 heavy (non-hydrogen) atoms. The molecule has 7 nitrogen and oxygen atoms in total. The van der Waals surface area contributed by atoms with Crippen LogP contribution in [0.3, 0.4) is 0 Å². The van der Waals surface area contributed by atoms with Crippen molar-refractivity contribution in [1.82, 2.24) is 4.98 Å². The Morgan fingerprint density at radius 2 is 1.85 bits per heavy atom. The van der Waals surface area contributed by atoms with Gasteiger partial charge in [-0.3, -0.25) is 4.55 Å². The van der Waals surface area contributed by atoms with E-state index in [0.29, 0.717) is 11.3 Å². The summed E-state index contributed by atoms with van der Waals surface area (Å²) in [4.78, 5) is 6.55. The number of piperidine rings is 1. The molecule has 114 valence electrons. The van der Waals surface area contributed by atoms with Crippen molar-refractivity contribution in [2.45, 2.75) is 33.1 Å². The topological polar surface area (TPSA) is 111 Å². The van der Waals surface area contributed by atoms with Crippen molar-refractivity contribution in [3.63, 3.8) is 0 Å². The highest BCUT2D eigenvalue weighted by atomic mass is 32.3. The lowest BCUT2D eigenvalue weighted by Gasteiger charge is -2.28. The molecule has 1 aromatic rings. The van der Waals surface area contributed by atoms with Gasteiger partial charge in [0.25, 0.3) is 0 Å². The summed E-state index contributed by atoms with van der Waals surface area (Å²) in [6, 6.07) is 1.79. The van der Waals surface area contributed by atoms with Crippen LogP contribution in [0, 0.1) is 13.8 Å². The van der Waals surface area contributed by atoms with Gasteiger partial charge in [0.05, 0.1) is 5.69 Å². The predicted molar refractivity (Wildman–Crippen MR) is 75.6 cm³/mol. The van der Waals surface area contributed by atoms with Crippen LogP contribution in [0.15, 0.2) is 6.07 Å². The maximum Gasteiger partial charge on any atom is 0.446 e. The standard InChI is InChI=1S/C12H18N2O4S.H2O/c1-9-8-11(14-6-4-3-5-7-14)13-10(2)12(9)18-19(15,16)17;/h8H,3-7H2,1-2H3,(H,15,16,17);1H2. The van der Waals surface area contributed by atoms with Crippen molar-refractivity contribution in [2.75, 3.05) is 18.0 Å². The first-order valence-electron chi connectivity index (χ1n) is 6.27. The fraction of sp³-hybridized carbons (Fsp3) is 0.583. The Balaban J connectivity index is 0.00000200. The summed E-state index contributed by atoms with van der Waals surface area (Å²) in [5.74, 6) is 0.931. The van der Waals surface area contributed by atoms with Gasteiger partial charge in [-0.25, -0.2) is 4.98 Å². The normalized spacial score (nSPS) is 15.7. The summed E-state index contributed by atoms with van der Waals surface area (Å²) >= 11 is 0. The van der Waals surface area contributed by atoms with E-state index < -0.39 is 10.4 Å². The molecule has 0 atom stereocenters. The Morgan fingerprint density at radius 1 is 1.25 bits per heavy atom. The molecule has 0 radical (unpaired) electrons. The smallest absolute Gasteiger partial charge is 0.412 e. The number of pyridine rings is 1. The summed E-state index contributed by atoms with van der Waals surface area (Å²) in [6.07, 6.45) is 3.52. The number of nitrogens with zero attached hydrogens (tertiary/aromatic N) is 2. The second-order valence-corrected chi connectivity index (χ2v) is 5.79. The van der Waals surface area contributed by atoms with Gasteiger partial charge in [0.1, 0.15) is 5.82 Å². The van der Waals surface area contributed by atoms with Crippen molar-refractivity contribution in [2.24, 2.45) is 0 Å². The Labute approximate surface area is 118 Å². The summed E-state index contributed by atoms with van der Waals surface area (Å²) in [5.41, 5.74) is 1.10. The third-order valence-electron chi connectivity index (χ3n) is 3.18. The first-order valence-corrected chi connectivity index (χ1v) is 7.63. The first kappa shape index (κ1) is 16.7. The van der Waals surface area contributed by atoms with Gasteiger partial charge in [-0.05, 0) is 44.7 Å². The van der Waals surface area contributed by atoms with Gasteiger partial charge in [-0.1, -0.05) is 0 Å². The van der Waals surface area contributed by atoms with Gasteiger partial charge in [-0.2, -0.15) is 8.42 Å². The molecule has 1 fully saturated rings. The maximum absolute atomic E-state index is 10.8. The zero-order valence-electron chi connectivity index (χ0n) is 11.6. The fourth-order valence-corrected chi connectivity index (χ4v) is 2.78. The van der Waals surface area contributed by atoms with Crippen LogP contribution in [0.2, 0.25) is 0 Å². The molecule has 0 aliphatic carbocycles. The molecule has 0 bridgehead atoms. The summed E-state index contributed by atoms with van der Waals surface area (Å²) < 4.78 is 34.9. The summed E-state index contributed by atoms with van der Waals surface area (Å²) in [5, 5.41) is 0. The quantitative estimate of drug-likeness (QED) is 0.835. The van der Waals surface area contributed by atoms with Gasteiger partial charge < -0.3 is 14.6 Å². The van der Waals surface area contributed by atoms with Gasteiger partial charge in [-0.15, -0.1) is 0 Å². The number of aromatic nitrogens is 1. The van der Waals surface area contributed by atoms with Crippen LogP contribution in [0.4, 0.5) is 5.82 Å². The van der Waals surface area contributed by atoms with Gasteiger partial charge in [0.15, 0.2) is 5.75 Å². The zero-order chi connectivity index (χ0) is 14.0. The average molecular weight is 304 g/mol. The van der Waals surface area contributed by atoms with Gasteiger partial charge >= 0.3 is 10.4 Å². The molecule has 1 saturated heterocycles. The van der Waals surface area contributed by atoms with Crippen LogP contribution in [0.5, 0.6) is 5.75 Å². The van der Waals surface area contributed by atoms with Crippen molar-refractivity contribution in [1.29, 1.82) is 0 Å². The average Bonchev–Trinajstić information content (AvgIpc) is 2.33. The van der Waals surface area contributed by atoms with E-state index >= 15 is 0 Å². The second kappa shape index (κ2) is 6.38. The SMILES string of the molecule is Cc1cc(N2CCCCC2)nc(C)c1OS(=O)(=O)O.O. The van der Waals surface area contributed by atoms with Crippen LogP contribution >= 0.6 is 0 Å². The minimum absolute atomic E-state index is 0. The summed E-state index contributed by atoms with van der Waals surface area (Å²) in [7, 11) is -4.51. The lowest BCUT2D eigenvalue weighted by molar-refractivity contribution is 0.383. The van der Waals surface area contributed by atoms with Crippen LogP contribution in [0.25, 0.3) is 0 Å². The number of anilines is 1. The van der Waals surface area contributed by atoms with Crippen LogP contribution in [0.1, 0.15) is 30.5 Å². The highest BCUT2D eigenvalue weighted by molar-refractivity contribution is 7.81. The minimum Gasteiger partial charge on any atom is -0.412 e. The second-order valence-electron chi connectivity index (χ2n) is 4.77. The van der Waals surface area contributed by atoms with Crippen LogP contribution in [-0.2, 0) is 10.4 Å². The van der Waals surface area contributed by atoms with E-state index in [0.717, 1.165) is 31.7 Å². The Morgan fingerprint density at radius 3 is 2.35 bits per heavy atom. The lowest BCUT2D eigenvalue weighted by Crippen LogP contribution is -2.30. The minimum atomic E-state index is -4.51. The highest BCUT2D eigenvalue weighted by Crippen LogP contribution is 2.28. The largest absolute Gasteiger partial charge is 0.446 e. The maximum atomic E-state index is 10.8. The fourth-order valence-electron chi connectivity index (χ4n) is 2.32. The molecule has 2 heterocycles. The Hall–Kier alpha value is -1.38. The first-order chi connectivity index (χ1) is 8.87. The predicted octanol–water partition coefficient (Wildman–Crippen LogP) is 1.05. The van der Waals surface area contributed by atoms with Crippen molar-refractivity contribution >= 4 is 16.2 Å². The molecule has 1 aliphatic heterocycles. The highest BCUT2D eigenvalue weighted by Gasteiger charge is 2.18. The lowest BCUT2D eigenvalue weighted by atomic mass is 10.1. The molecule has 0 spiro atoms. The number of rotatable bonds is 3. The molecule has 1 aliphatic rings. The molecule has 8 heteroatoms. The third kappa shape index (κ3) is 4.06. The van der Waals surface area contributed by atoms with E-state index in [-0.39, 0.29) is 11.2 Å². The number of aryl methyl sites for hydroxylation is 2. The number of hydrogen-bond acceptors (Lipinski definition) is 5. The zero-order valence-corrected chi connectivity index (χ0v) is 12.4. The van der Waals surface area contributed by atoms with Gasteiger partial charge in [0, 0.05) is 13.1 Å².